The highest BCUT2D eigenvalue weighted by molar-refractivity contribution is 5.99. The molecule has 0 radical (unpaired) electrons. The molecule has 6 nitrogen and oxygen atoms in total. The number of ether oxygens (including phenoxy) is 1. The van der Waals surface area contributed by atoms with Crippen molar-refractivity contribution in [2.75, 3.05) is 20.2 Å². The van der Waals surface area contributed by atoms with Crippen LogP contribution in [0.4, 0.5) is 0 Å². The molecule has 3 heterocycles. The lowest BCUT2D eigenvalue weighted by atomic mass is 10.1. The first-order chi connectivity index (χ1) is 10.3. The first kappa shape index (κ1) is 12.1. The highest BCUT2D eigenvalue weighted by atomic mass is 16.5. The maximum absolute atomic E-state index is 12.5. The number of carbonyl (C=O) groups is 1. The fourth-order valence-electron chi connectivity index (χ4n) is 2.76. The van der Waals surface area contributed by atoms with Crippen LogP contribution in [0.3, 0.4) is 0 Å². The average molecular weight is 282 g/mol. The predicted octanol–water partition coefficient (Wildman–Crippen LogP) is 1.23. The molecule has 1 amide bonds. The summed E-state index contributed by atoms with van der Waals surface area (Å²) in [6.45, 7) is 1.73. The SMILES string of the molecule is CN1Cc2c(C3=NCCO3)ncn2-c2ccccc2C1=O. The summed E-state index contributed by atoms with van der Waals surface area (Å²) in [6.07, 6.45) is 1.74. The second-order valence-electron chi connectivity index (χ2n) is 5.12. The van der Waals surface area contributed by atoms with E-state index in [2.05, 4.69) is 9.98 Å². The molecule has 0 atom stereocenters. The molecule has 2 aliphatic heterocycles. The van der Waals surface area contributed by atoms with Crippen LogP contribution >= 0.6 is 0 Å². The van der Waals surface area contributed by atoms with Gasteiger partial charge in [0.15, 0.2) is 0 Å². The molecule has 2 aromatic rings. The van der Waals surface area contributed by atoms with Gasteiger partial charge < -0.3 is 9.64 Å². The van der Waals surface area contributed by atoms with Crippen molar-refractivity contribution < 1.29 is 9.53 Å². The second kappa shape index (κ2) is 4.44. The number of imidazole rings is 1. The van der Waals surface area contributed by atoms with Crippen molar-refractivity contribution >= 4 is 11.8 Å². The molecule has 106 valence electrons. The molecule has 4 rings (SSSR count). The summed E-state index contributed by atoms with van der Waals surface area (Å²) in [6, 6.07) is 7.56. The van der Waals surface area contributed by atoms with Crippen molar-refractivity contribution in [3.63, 3.8) is 0 Å². The number of aromatic nitrogens is 2. The van der Waals surface area contributed by atoms with Gasteiger partial charge in [-0.15, -0.1) is 0 Å². The number of rotatable bonds is 1. The molecule has 0 spiro atoms. The van der Waals surface area contributed by atoms with Gasteiger partial charge in [-0.3, -0.25) is 9.36 Å². The summed E-state index contributed by atoms with van der Waals surface area (Å²) in [7, 11) is 1.79. The topological polar surface area (TPSA) is 59.7 Å². The molecule has 0 saturated carbocycles. The van der Waals surface area contributed by atoms with E-state index in [9.17, 15) is 4.79 Å². The van der Waals surface area contributed by atoms with E-state index < -0.39 is 0 Å². The number of para-hydroxylation sites is 1. The highest BCUT2D eigenvalue weighted by Gasteiger charge is 2.28. The summed E-state index contributed by atoms with van der Waals surface area (Å²) in [5.41, 5.74) is 3.18. The monoisotopic (exact) mass is 282 g/mol. The van der Waals surface area contributed by atoms with Gasteiger partial charge in [0, 0.05) is 7.05 Å². The minimum absolute atomic E-state index is 0.00882. The summed E-state index contributed by atoms with van der Waals surface area (Å²) >= 11 is 0. The predicted molar refractivity (Wildman–Crippen MR) is 76.7 cm³/mol. The Kier molecular flexibility index (Phi) is 2.57. The Hall–Kier alpha value is -2.63. The van der Waals surface area contributed by atoms with E-state index >= 15 is 0 Å². The third kappa shape index (κ3) is 1.75. The van der Waals surface area contributed by atoms with Gasteiger partial charge in [-0.25, -0.2) is 9.98 Å². The van der Waals surface area contributed by atoms with Crippen LogP contribution in [-0.4, -0.2) is 46.5 Å². The van der Waals surface area contributed by atoms with Gasteiger partial charge >= 0.3 is 0 Å². The van der Waals surface area contributed by atoms with Gasteiger partial charge in [0.2, 0.25) is 5.90 Å². The normalized spacial score (nSPS) is 16.9. The number of benzene rings is 1. The van der Waals surface area contributed by atoms with Crippen molar-refractivity contribution in [1.82, 2.24) is 14.5 Å². The van der Waals surface area contributed by atoms with Crippen molar-refractivity contribution in [3.8, 4) is 5.69 Å². The Bertz CT molecular complexity index is 763. The minimum atomic E-state index is 0.00882. The van der Waals surface area contributed by atoms with Gasteiger partial charge in [-0.1, -0.05) is 12.1 Å². The Morgan fingerprint density at radius 1 is 1.29 bits per heavy atom. The van der Waals surface area contributed by atoms with Crippen LogP contribution in [0.1, 0.15) is 21.7 Å². The number of hydrogen-bond acceptors (Lipinski definition) is 4. The molecule has 6 heteroatoms. The molecule has 0 N–H and O–H groups in total. The largest absolute Gasteiger partial charge is 0.474 e. The van der Waals surface area contributed by atoms with E-state index in [0.29, 0.717) is 31.2 Å². The van der Waals surface area contributed by atoms with Gasteiger partial charge in [0.05, 0.1) is 30.0 Å². The number of fused-ring (bicyclic) bond motifs is 3. The number of amides is 1. The zero-order valence-electron chi connectivity index (χ0n) is 11.6. The van der Waals surface area contributed by atoms with Gasteiger partial charge in [-0.2, -0.15) is 0 Å². The average Bonchev–Trinajstić information content (AvgIpc) is 3.13. The molecule has 0 unspecified atom stereocenters. The molecular formula is C15H14N4O2. The lowest BCUT2D eigenvalue weighted by molar-refractivity contribution is 0.0788. The van der Waals surface area contributed by atoms with Gasteiger partial charge in [-0.05, 0) is 12.1 Å². The van der Waals surface area contributed by atoms with E-state index in [1.165, 1.54) is 0 Å². The van der Waals surface area contributed by atoms with Crippen LogP contribution in [0.2, 0.25) is 0 Å². The maximum Gasteiger partial charge on any atom is 0.256 e. The van der Waals surface area contributed by atoms with Crippen LogP contribution in [0.25, 0.3) is 5.69 Å². The fourth-order valence-corrected chi connectivity index (χ4v) is 2.76. The molecule has 21 heavy (non-hydrogen) atoms. The maximum atomic E-state index is 12.5. The lowest BCUT2D eigenvalue weighted by Crippen LogP contribution is -2.25. The molecule has 1 aromatic carbocycles. The highest BCUT2D eigenvalue weighted by Crippen LogP contribution is 2.26. The summed E-state index contributed by atoms with van der Waals surface area (Å²) in [4.78, 5) is 22.9. The molecule has 0 aliphatic carbocycles. The smallest absolute Gasteiger partial charge is 0.256 e. The molecule has 0 fully saturated rings. The molecule has 1 aromatic heterocycles. The van der Waals surface area contributed by atoms with Crippen molar-refractivity contribution in [1.29, 1.82) is 0 Å². The first-order valence-corrected chi connectivity index (χ1v) is 6.84. The van der Waals surface area contributed by atoms with Crippen molar-refractivity contribution in [2.45, 2.75) is 6.54 Å². The number of hydrogen-bond donors (Lipinski definition) is 0. The standard InChI is InChI=1S/C15H14N4O2/c1-18-8-12-13(14-16-6-7-21-14)17-9-19(12)11-5-3-2-4-10(11)15(18)20/h2-5,9H,6-8H2,1H3. The molecule has 0 saturated heterocycles. The van der Waals surface area contributed by atoms with Crippen LogP contribution in [-0.2, 0) is 11.3 Å². The van der Waals surface area contributed by atoms with Crippen LogP contribution < -0.4 is 0 Å². The fraction of sp³-hybridized carbons (Fsp3) is 0.267. The van der Waals surface area contributed by atoms with E-state index in [4.69, 9.17) is 4.74 Å². The van der Waals surface area contributed by atoms with Gasteiger partial charge in [0.25, 0.3) is 5.91 Å². The van der Waals surface area contributed by atoms with Gasteiger partial charge in [0.1, 0.15) is 18.6 Å². The second-order valence-corrected chi connectivity index (χ2v) is 5.12. The molecular weight excluding hydrogens is 268 g/mol. The van der Waals surface area contributed by atoms with Crippen molar-refractivity contribution in [2.24, 2.45) is 4.99 Å². The molecule has 2 aliphatic rings. The van der Waals surface area contributed by atoms with E-state index in [0.717, 1.165) is 17.1 Å². The quantitative estimate of drug-likeness (QED) is 0.790. The number of carbonyl (C=O) groups excluding carboxylic acids is 1. The number of aliphatic imine (C=N–C) groups is 1. The summed E-state index contributed by atoms with van der Waals surface area (Å²) in [5, 5.41) is 0. The Morgan fingerprint density at radius 2 is 2.14 bits per heavy atom. The van der Waals surface area contributed by atoms with E-state index in [1.54, 1.807) is 18.3 Å². The third-order valence-corrected chi connectivity index (χ3v) is 3.78. The summed E-state index contributed by atoms with van der Waals surface area (Å²) in [5.74, 6) is 0.582. The Balaban J connectivity index is 1.94. The van der Waals surface area contributed by atoms with E-state index in [-0.39, 0.29) is 5.91 Å². The summed E-state index contributed by atoms with van der Waals surface area (Å²) < 4.78 is 7.48. The third-order valence-electron chi connectivity index (χ3n) is 3.78. The van der Waals surface area contributed by atoms with Crippen LogP contribution in [0.5, 0.6) is 0 Å². The Morgan fingerprint density at radius 3 is 2.95 bits per heavy atom. The number of nitrogens with zero attached hydrogens (tertiary/aromatic N) is 4. The first-order valence-electron chi connectivity index (χ1n) is 6.84. The minimum Gasteiger partial charge on any atom is -0.474 e. The zero-order valence-corrected chi connectivity index (χ0v) is 11.6. The van der Waals surface area contributed by atoms with Crippen molar-refractivity contribution in [3.05, 3.63) is 47.5 Å². The zero-order chi connectivity index (χ0) is 14.4. The lowest BCUT2D eigenvalue weighted by Gasteiger charge is -2.14. The van der Waals surface area contributed by atoms with Crippen LogP contribution in [0.15, 0.2) is 35.6 Å². The van der Waals surface area contributed by atoms with E-state index in [1.807, 2.05) is 28.8 Å². The Labute approximate surface area is 121 Å². The molecule has 0 bridgehead atoms. The van der Waals surface area contributed by atoms with Crippen LogP contribution in [0, 0.1) is 0 Å².